The lowest BCUT2D eigenvalue weighted by Gasteiger charge is -2.26. The molecule has 3 aromatic heterocycles. The third-order valence-corrected chi connectivity index (χ3v) is 11.7. The molecule has 292 valence electrons. The predicted molar refractivity (Wildman–Crippen MR) is 242 cm³/mol. The fourth-order valence-corrected chi connectivity index (χ4v) is 8.27. The van der Waals surface area contributed by atoms with E-state index in [9.17, 15) is 0 Å². The van der Waals surface area contributed by atoms with Crippen LogP contribution in [0.5, 0.6) is 11.5 Å². The van der Waals surface area contributed by atoms with Gasteiger partial charge in [0.25, 0.3) is 6.33 Å². The number of aromatic nitrogens is 4. The van der Waals surface area contributed by atoms with Crippen molar-refractivity contribution in [3.63, 3.8) is 0 Å². The van der Waals surface area contributed by atoms with E-state index in [1.165, 1.54) is 33.2 Å². The van der Waals surface area contributed by atoms with E-state index < -0.39 is 0 Å². The van der Waals surface area contributed by atoms with E-state index in [1.807, 2.05) is 6.20 Å². The first kappa shape index (κ1) is 37.8. The van der Waals surface area contributed by atoms with Gasteiger partial charge in [-0.05, 0) is 105 Å². The molecule has 5 nitrogen and oxygen atoms in total. The van der Waals surface area contributed by atoms with Gasteiger partial charge in [0.2, 0.25) is 0 Å². The molecule has 0 aliphatic rings. The van der Waals surface area contributed by atoms with E-state index in [4.69, 9.17) is 9.72 Å². The van der Waals surface area contributed by atoms with Crippen LogP contribution in [0.4, 0.5) is 0 Å². The number of fused-ring (bicyclic) bond motifs is 3. The van der Waals surface area contributed by atoms with Crippen LogP contribution < -0.4 is 9.30 Å². The fourth-order valence-electron chi connectivity index (χ4n) is 8.27. The van der Waals surface area contributed by atoms with E-state index in [2.05, 4.69) is 233 Å². The highest BCUT2D eigenvalue weighted by atomic mass is 16.5. The van der Waals surface area contributed by atoms with E-state index in [1.54, 1.807) is 0 Å². The number of imidazole rings is 1. The molecule has 6 aromatic carbocycles. The van der Waals surface area contributed by atoms with Crippen molar-refractivity contribution < 1.29 is 9.30 Å². The fraction of sp³-hybridized carbons (Fsp3) is 0.185. The molecule has 0 fully saturated rings. The third kappa shape index (κ3) is 7.23. The summed E-state index contributed by atoms with van der Waals surface area (Å²) in [5.74, 6) is 2.71. The Kier molecular flexibility index (Phi) is 9.55. The maximum absolute atomic E-state index is 6.91. The molecule has 0 aliphatic heterocycles. The molecule has 5 heteroatoms. The Bertz CT molecular complexity index is 2960. The maximum atomic E-state index is 6.91. The van der Waals surface area contributed by atoms with Crippen LogP contribution in [0, 0.1) is 6.33 Å². The molecule has 9 rings (SSSR count). The average molecular weight is 771 g/mol. The quantitative estimate of drug-likeness (QED) is 0.108. The van der Waals surface area contributed by atoms with Gasteiger partial charge in [0, 0.05) is 40.8 Å². The molecule has 0 saturated heterocycles. The van der Waals surface area contributed by atoms with Gasteiger partial charge in [-0.25, -0.2) is 4.98 Å². The number of hydrogen-bond donors (Lipinski definition) is 0. The molecular weight excluding hydrogens is 721 g/mol. The lowest BCUT2D eigenvalue weighted by atomic mass is 9.78. The van der Waals surface area contributed by atoms with Crippen molar-refractivity contribution in [3.05, 3.63) is 199 Å². The Balaban J connectivity index is 1.15. The Morgan fingerprint density at radius 3 is 2.19 bits per heavy atom. The highest BCUT2D eigenvalue weighted by molar-refractivity contribution is 6.09. The molecule has 0 radical (unpaired) electrons. The van der Waals surface area contributed by atoms with Gasteiger partial charge in [-0.2, -0.15) is 0 Å². The first-order chi connectivity index (χ1) is 28.4. The van der Waals surface area contributed by atoms with Crippen LogP contribution in [0.15, 0.2) is 170 Å². The Morgan fingerprint density at radius 1 is 0.627 bits per heavy atom. The number of hydrogen-bond acceptors (Lipinski definition) is 2. The zero-order valence-corrected chi connectivity index (χ0v) is 34.9. The molecule has 3 heterocycles. The lowest BCUT2D eigenvalue weighted by Crippen LogP contribution is -2.29. The van der Waals surface area contributed by atoms with Gasteiger partial charge < -0.3 is 4.74 Å². The number of ether oxygens (including phenoxy) is 1. The van der Waals surface area contributed by atoms with Gasteiger partial charge in [0.1, 0.15) is 17.3 Å². The predicted octanol–water partition coefficient (Wildman–Crippen LogP) is 13.3. The van der Waals surface area contributed by atoms with Crippen molar-refractivity contribution in [3.8, 4) is 39.8 Å². The van der Waals surface area contributed by atoms with Crippen molar-refractivity contribution in [2.75, 3.05) is 0 Å². The number of rotatable bonds is 9. The van der Waals surface area contributed by atoms with Crippen LogP contribution >= 0.6 is 0 Å². The third-order valence-electron chi connectivity index (χ3n) is 11.7. The molecule has 0 aliphatic carbocycles. The first-order valence-electron chi connectivity index (χ1n) is 20.6. The normalized spacial score (nSPS) is 12.1. The van der Waals surface area contributed by atoms with Gasteiger partial charge in [-0.3, -0.25) is 13.7 Å². The van der Waals surface area contributed by atoms with Gasteiger partial charge in [-0.15, -0.1) is 0 Å². The summed E-state index contributed by atoms with van der Waals surface area (Å²) in [4.78, 5) is 4.97. The van der Waals surface area contributed by atoms with Crippen LogP contribution in [0.1, 0.15) is 76.6 Å². The first-order valence-corrected chi connectivity index (χ1v) is 20.6. The van der Waals surface area contributed by atoms with Gasteiger partial charge in [-0.1, -0.05) is 133 Å². The summed E-state index contributed by atoms with van der Waals surface area (Å²) in [7, 11) is 0. The zero-order chi connectivity index (χ0) is 40.9. The Morgan fingerprint density at radius 2 is 1.37 bits per heavy atom. The monoisotopic (exact) mass is 770 g/mol. The minimum atomic E-state index is -0.213. The van der Waals surface area contributed by atoms with Crippen LogP contribution in [0.25, 0.3) is 50.1 Å². The highest BCUT2D eigenvalue weighted by Crippen LogP contribution is 2.39. The SMILES string of the molecule is CC(C)c1ccccc1-c1cc(Oc2ccc3c4ccccc4n(-c4cc(C(C)(C)c5ccccc5)ccn4)c3c2)cc(-n2[c-][n+](-c3cccc(C(C)(C)C)c3)cc2)c1. The largest absolute Gasteiger partial charge is 0.458 e. The second kappa shape index (κ2) is 14.9. The standard InChI is InChI=1S/C54H50N4O/c1-37(2)46-20-11-12-21-47(46)38-30-43(57-29-28-56(36-57)42-19-15-18-40(32-42)53(3,4)5)34-45(31-38)59-44-24-25-49-48-22-13-14-23-50(48)58(51(49)35-44)52-33-41(26-27-55-52)54(6,7)39-16-9-8-10-17-39/h8-35,37H,1-7H3. The lowest BCUT2D eigenvalue weighted by molar-refractivity contribution is -0.599. The second-order valence-electron chi connectivity index (χ2n) is 17.4. The molecule has 0 spiro atoms. The number of benzene rings is 6. The van der Waals surface area contributed by atoms with Crippen molar-refractivity contribution in [2.45, 2.75) is 65.2 Å². The molecular formula is C54H50N4O. The van der Waals surface area contributed by atoms with E-state index in [0.29, 0.717) is 5.92 Å². The zero-order valence-electron chi connectivity index (χ0n) is 34.9. The molecule has 0 amide bonds. The molecule has 0 bridgehead atoms. The summed E-state index contributed by atoms with van der Waals surface area (Å²) in [6.45, 7) is 15.8. The minimum Gasteiger partial charge on any atom is -0.458 e. The second-order valence-corrected chi connectivity index (χ2v) is 17.4. The van der Waals surface area contributed by atoms with Crippen molar-refractivity contribution in [2.24, 2.45) is 0 Å². The van der Waals surface area contributed by atoms with Crippen molar-refractivity contribution >= 4 is 21.8 Å². The summed E-state index contributed by atoms with van der Waals surface area (Å²) in [6, 6.07) is 53.9. The molecule has 9 aromatic rings. The van der Waals surface area contributed by atoms with Gasteiger partial charge in [0.05, 0.1) is 22.4 Å². The van der Waals surface area contributed by atoms with Gasteiger partial charge in [0.15, 0.2) is 0 Å². The topological polar surface area (TPSA) is 35.9 Å². The summed E-state index contributed by atoms with van der Waals surface area (Å²) in [5, 5.41) is 2.31. The van der Waals surface area contributed by atoms with E-state index in [0.717, 1.165) is 50.7 Å². The molecule has 0 unspecified atom stereocenters. The minimum absolute atomic E-state index is 0.0424. The Hall–Kier alpha value is -6.72. The summed E-state index contributed by atoms with van der Waals surface area (Å²) in [6.07, 6.45) is 9.65. The highest BCUT2D eigenvalue weighted by Gasteiger charge is 2.25. The molecule has 0 N–H and O–H groups in total. The van der Waals surface area contributed by atoms with E-state index in [-0.39, 0.29) is 10.8 Å². The smallest absolute Gasteiger partial charge is 0.268 e. The van der Waals surface area contributed by atoms with Crippen LogP contribution in [0.2, 0.25) is 0 Å². The van der Waals surface area contributed by atoms with Crippen molar-refractivity contribution in [1.29, 1.82) is 0 Å². The summed E-state index contributed by atoms with van der Waals surface area (Å²) >= 11 is 0. The Labute approximate surface area is 347 Å². The number of pyridine rings is 1. The van der Waals surface area contributed by atoms with Gasteiger partial charge >= 0.3 is 0 Å². The molecule has 59 heavy (non-hydrogen) atoms. The molecule has 0 atom stereocenters. The molecule has 0 saturated carbocycles. The summed E-state index contributed by atoms with van der Waals surface area (Å²) < 4.78 is 13.3. The van der Waals surface area contributed by atoms with Crippen molar-refractivity contribution in [1.82, 2.24) is 14.1 Å². The van der Waals surface area contributed by atoms with Crippen LogP contribution in [-0.4, -0.2) is 14.1 Å². The summed E-state index contributed by atoms with van der Waals surface area (Å²) in [5.41, 5.74) is 11.3. The number of para-hydroxylation sites is 1. The average Bonchev–Trinajstić information content (AvgIpc) is 3.87. The van der Waals surface area contributed by atoms with E-state index >= 15 is 0 Å². The van der Waals surface area contributed by atoms with Crippen LogP contribution in [0.3, 0.4) is 0 Å². The maximum Gasteiger partial charge on any atom is 0.268 e. The van der Waals surface area contributed by atoms with Crippen LogP contribution in [-0.2, 0) is 10.8 Å². The number of nitrogens with zero attached hydrogens (tertiary/aromatic N) is 4.